The second kappa shape index (κ2) is 7.99. The Balaban J connectivity index is 1.59. The molecule has 0 radical (unpaired) electrons. The predicted octanol–water partition coefficient (Wildman–Crippen LogP) is 2.76. The van der Waals surface area contributed by atoms with Crippen molar-refractivity contribution in [3.63, 3.8) is 0 Å². The number of nitrogens with zero attached hydrogens (tertiary/aromatic N) is 4. The van der Waals surface area contributed by atoms with E-state index in [0.717, 1.165) is 50.2 Å². The lowest BCUT2D eigenvalue weighted by atomic mass is 10.1. The van der Waals surface area contributed by atoms with E-state index in [1.165, 1.54) is 0 Å². The normalized spacial score (nSPS) is 18.4. The van der Waals surface area contributed by atoms with Crippen molar-refractivity contribution in [2.24, 2.45) is 0 Å². The molecule has 0 spiro atoms. The number of aryl methyl sites for hydroxylation is 1. The number of furan rings is 1. The van der Waals surface area contributed by atoms with E-state index in [4.69, 9.17) is 4.42 Å². The molecule has 0 unspecified atom stereocenters. The smallest absolute Gasteiger partial charge is 0.318 e. The van der Waals surface area contributed by atoms with Gasteiger partial charge in [-0.15, -0.1) is 10.2 Å². The Bertz CT molecular complexity index is 637. The molecule has 3 heterocycles. The number of aromatic nitrogens is 3. The average molecular weight is 331 g/mol. The molecule has 0 saturated carbocycles. The van der Waals surface area contributed by atoms with E-state index < -0.39 is 0 Å². The number of hydrogen-bond donors (Lipinski definition) is 1. The van der Waals surface area contributed by atoms with Gasteiger partial charge in [0.05, 0.1) is 12.3 Å². The van der Waals surface area contributed by atoms with Crippen molar-refractivity contribution in [1.29, 1.82) is 0 Å². The fraction of sp³-hybridized carbons (Fsp3) is 0.588. The maximum atomic E-state index is 12.7. The molecular formula is C17H25N5O2. The van der Waals surface area contributed by atoms with Crippen molar-refractivity contribution in [3.05, 3.63) is 36.3 Å². The van der Waals surface area contributed by atoms with Gasteiger partial charge in [-0.25, -0.2) is 4.79 Å². The lowest BCUT2D eigenvalue weighted by molar-refractivity contribution is 0.166. The fourth-order valence-corrected chi connectivity index (χ4v) is 3.25. The van der Waals surface area contributed by atoms with E-state index in [1.807, 2.05) is 28.5 Å². The standard InChI is InChI=1S/C17H25N5O2/c1-2-16-20-19-13-21(16)11-9-18-17(23)22-10-5-3-4-7-14(22)15-8-6-12-24-15/h6,8,12-14H,2-5,7,9-11H2,1H3,(H,18,23)/t14-/m0/s1. The van der Waals surface area contributed by atoms with Gasteiger partial charge in [0.25, 0.3) is 0 Å². The molecule has 7 nitrogen and oxygen atoms in total. The summed E-state index contributed by atoms with van der Waals surface area (Å²) in [7, 11) is 0. The first-order valence-electron chi connectivity index (χ1n) is 8.74. The highest BCUT2D eigenvalue weighted by atomic mass is 16.3. The first kappa shape index (κ1) is 16.5. The van der Waals surface area contributed by atoms with Crippen LogP contribution in [0.4, 0.5) is 4.79 Å². The predicted molar refractivity (Wildman–Crippen MR) is 89.4 cm³/mol. The van der Waals surface area contributed by atoms with Gasteiger partial charge in [0.2, 0.25) is 0 Å². The molecule has 1 N–H and O–H groups in total. The highest BCUT2D eigenvalue weighted by molar-refractivity contribution is 5.74. The highest BCUT2D eigenvalue weighted by Gasteiger charge is 2.28. The van der Waals surface area contributed by atoms with Crippen LogP contribution in [0.25, 0.3) is 0 Å². The number of hydrogen-bond acceptors (Lipinski definition) is 4. The van der Waals surface area contributed by atoms with Gasteiger partial charge < -0.3 is 19.2 Å². The van der Waals surface area contributed by atoms with Crippen LogP contribution < -0.4 is 5.32 Å². The van der Waals surface area contributed by atoms with Crippen LogP contribution in [0.15, 0.2) is 29.1 Å². The Kier molecular flexibility index (Phi) is 5.51. The summed E-state index contributed by atoms with van der Waals surface area (Å²) in [6.45, 7) is 4.06. The van der Waals surface area contributed by atoms with Gasteiger partial charge in [-0.05, 0) is 25.0 Å². The van der Waals surface area contributed by atoms with Crippen LogP contribution in [0, 0.1) is 0 Å². The molecule has 1 saturated heterocycles. The number of nitrogens with one attached hydrogen (secondary N) is 1. The Hall–Kier alpha value is -2.31. The molecular weight excluding hydrogens is 306 g/mol. The molecule has 0 aliphatic carbocycles. The Morgan fingerprint density at radius 2 is 2.33 bits per heavy atom. The average Bonchev–Trinajstić information content (AvgIpc) is 3.22. The van der Waals surface area contributed by atoms with Gasteiger partial charge in [-0.1, -0.05) is 19.8 Å². The summed E-state index contributed by atoms with van der Waals surface area (Å²) in [4.78, 5) is 14.6. The molecule has 24 heavy (non-hydrogen) atoms. The van der Waals surface area contributed by atoms with Crippen LogP contribution in [0.3, 0.4) is 0 Å². The molecule has 3 rings (SSSR count). The molecule has 1 atom stereocenters. The maximum Gasteiger partial charge on any atom is 0.318 e. The molecule has 0 bridgehead atoms. The third-order valence-electron chi connectivity index (χ3n) is 4.53. The topological polar surface area (TPSA) is 76.2 Å². The van der Waals surface area contributed by atoms with Gasteiger partial charge in [0, 0.05) is 26.1 Å². The van der Waals surface area contributed by atoms with Crippen LogP contribution in [0.5, 0.6) is 0 Å². The molecule has 2 amide bonds. The van der Waals surface area contributed by atoms with Crippen LogP contribution in [-0.4, -0.2) is 38.8 Å². The second-order valence-electron chi connectivity index (χ2n) is 6.10. The minimum Gasteiger partial charge on any atom is -0.467 e. The second-order valence-corrected chi connectivity index (χ2v) is 6.10. The minimum absolute atomic E-state index is 0.0237. The van der Waals surface area contributed by atoms with Crippen molar-refractivity contribution in [1.82, 2.24) is 25.0 Å². The van der Waals surface area contributed by atoms with Crippen LogP contribution in [0.2, 0.25) is 0 Å². The SMILES string of the molecule is CCc1nncn1CCNC(=O)N1CCCCC[C@H]1c1ccco1. The Morgan fingerprint density at radius 3 is 3.12 bits per heavy atom. The number of rotatable bonds is 5. The molecule has 130 valence electrons. The van der Waals surface area contributed by atoms with Crippen molar-refractivity contribution in [3.8, 4) is 0 Å². The van der Waals surface area contributed by atoms with Crippen molar-refractivity contribution in [2.45, 2.75) is 51.6 Å². The Labute approximate surface area is 142 Å². The highest BCUT2D eigenvalue weighted by Crippen LogP contribution is 2.30. The van der Waals surface area contributed by atoms with Crippen molar-refractivity contribution < 1.29 is 9.21 Å². The van der Waals surface area contributed by atoms with E-state index in [9.17, 15) is 4.79 Å². The van der Waals surface area contributed by atoms with Gasteiger partial charge in [0.1, 0.15) is 17.9 Å². The lowest BCUT2D eigenvalue weighted by Crippen LogP contribution is -2.43. The van der Waals surface area contributed by atoms with E-state index in [2.05, 4.69) is 15.5 Å². The molecule has 1 fully saturated rings. The van der Waals surface area contributed by atoms with E-state index >= 15 is 0 Å². The third kappa shape index (κ3) is 3.77. The van der Waals surface area contributed by atoms with Crippen LogP contribution in [0.1, 0.15) is 50.2 Å². The maximum absolute atomic E-state index is 12.7. The summed E-state index contributed by atoms with van der Waals surface area (Å²) in [5.74, 6) is 1.81. The quantitative estimate of drug-likeness (QED) is 0.914. The number of carbonyl (C=O) groups is 1. The van der Waals surface area contributed by atoms with E-state index in [1.54, 1.807) is 12.6 Å². The number of carbonyl (C=O) groups excluding carboxylic acids is 1. The first-order chi connectivity index (χ1) is 11.8. The molecule has 1 aliphatic rings. The molecule has 7 heteroatoms. The lowest BCUT2D eigenvalue weighted by Gasteiger charge is -2.28. The molecule has 0 aromatic carbocycles. The molecule has 2 aromatic rings. The van der Waals surface area contributed by atoms with Crippen molar-refractivity contribution in [2.75, 3.05) is 13.1 Å². The number of urea groups is 1. The Morgan fingerprint density at radius 1 is 1.42 bits per heavy atom. The number of amides is 2. The summed E-state index contributed by atoms with van der Waals surface area (Å²) < 4.78 is 7.54. The zero-order valence-electron chi connectivity index (χ0n) is 14.1. The summed E-state index contributed by atoms with van der Waals surface area (Å²) in [6.07, 6.45) is 8.48. The minimum atomic E-state index is -0.0237. The van der Waals surface area contributed by atoms with Crippen molar-refractivity contribution >= 4 is 6.03 Å². The summed E-state index contributed by atoms with van der Waals surface area (Å²) >= 11 is 0. The summed E-state index contributed by atoms with van der Waals surface area (Å²) in [5.41, 5.74) is 0. The van der Waals surface area contributed by atoms with Gasteiger partial charge >= 0.3 is 6.03 Å². The van der Waals surface area contributed by atoms with Gasteiger partial charge in [-0.3, -0.25) is 0 Å². The first-order valence-corrected chi connectivity index (χ1v) is 8.74. The largest absolute Gasteiger partial charge is 0.467 e. The van der Waals surface area contributed by atoms with E-state index in [-0.39, 0.29) is 12.1 Å². The zero-order valence-corrected chi connectivity index (χ0v) is 14.1. The summed E-state index contributed by atoms with van der Waals surface area (Å²) in [6, 6.07) is 3.85. The monoisotopic (exact) mass is 331 g/mol. The van der Waals surface area contributed by atoms with Gasteiger partial charge in [-0.2, -0.15) is 0 Å². The van der Waals surface area contributed by atoms with Crippen LogP contribution in [-0.2, 0) is 13.0 Å². The third-order valence-corrected chi connectivity index (χ3v) is 4.53. The van der Waals surface area contributed by atoms with Crippen LogP contribution >= 0.6 is 0 Å². The van der Waals surface area contributed by atoms with E-state index in [0.29, 0.717) is 13.1 Å². The fourth-order valence-electron chi connectivity index (χ4n) is 3.25. The van der Waals surface area contributed by atoms with Gasteiger partial charge in [0.15, 0.2) is 0 Å². The zero-order chi connectivity index (χ0) is 16.8. The number of likely N-dealkylation sites (tertiary alicyclic amines) is 1. The molecule has 1 aliphatic heterocycles. The summed E-state index contributed by atoms with van der Waals surface area (Å²) in [5, 5.41) is 11.0. The molecule has 2 aromatic heterocycles.